The molecule has 0 aliphatic carbocycles. The van der Waals surface area contributed by atoms with Gasteiger partial charge in [0.2, 0.25) is 0 Å². The normalized spacial score (nSPS) is 10.8. The zero-order chi connectivity index (χ0) is 14.7. The Kier molecular flexibility index (Phi) is 4.17. The Morgan fingerprint density at radius 1 is 1.40 bits per heavy atom. The standard InChI is InChI=1S/C15H20N2O3/c1-5-16-15(18)13-14(20-9(2)3)11-8-10(19-4)6-7-12(11)17-13/h6-9,17H,5H2,1-4H3,(H,16,18). The molecule has 20 heavy (non-hydrogen) atoms. The number of benzene rings is 1. The molecule has 0 bridgehead atoms. The molecule has 108 valence electrons. The summed E-state index contributed by atoms with van der Waals surface area (Å²) in [5, 5.41) is 3.63. The van der Waals surface area contributed by atoms with E-state index in [9.17, 15) is 4.79 Å². The van der Waals surface area contributed by atoms with Crippen molar-refractivity contribution in [1.82, 2.24) is 10.3 Å². The third-order valence-electron chi connectivity index (χ3n) is 2.88. The van der Waals surface area contributed by atoms with Gasteiger partial charge in [-0.25, -0.2) is 0 Å². The first-order valence-electron chi connectivity index (χ1n) is 6.71. The number of H-pyrrole nitrogens is 1. The average Bonchev–Trinajstić information content (AvgIpc) is 2.76. The summed E-state index contributed by atoms with van der Waals surface area (Å²) in [4.78, 5) is 15.2. The summed E-state index contributed by atoms with van der Waals surface area (Å²) in [6.07, 6.45) is -0.0200. The second-order valence-electron chi connectivity index (χ2n) is 4.77. The van der Waals surface area contributed by atoms with E-state index < -0.39 is 0 Å². The van der Waals surface area contributed by atoms with Crippen LogP contribution in [0.4, 0.5) is 0 Å². The van der Waals surface area contributed by atoms with Crippen molar-refractivity contribution < 1.29 is 14.3 Å². The van der Waals surface area contributed by atoms with Gasteiger partial charge in [-0.3, -0.25) is 4.79 Å². The molecule has 1 heterocycles. The van der Waals surface area contributed by atoms with Crippen LogP contribution in [0.25, 0.3) is 10.9 Å². The summed E-state index contributed by atoms with van der Waals surface area (Å²) in [5.74, 6) is 1.13. The Balaban J connectivity index is 2.57. The molecule has 2 aromatic rings. The summed E-state index contributed by atoms with van der Waals surface area (Å²) in [5.41, 5.74) is 1.30. The maximum absolute atomic E-state index is 12.1. The van der Waals surface area contributed by atoms with Crippen LogP contribution in [0.1, 0.15) is 31.3 Å². The number of carbonyl (C=O) groups excluding carboxylic acids is 1. The van der Waals surface area contributed by atoms with Gasteiger partial charge in [-0.2, -0.15) is 0 Å². The van der Waals surface area contributed by atoms with Gasteiger partial charge in [0.25, 0.3) is 5.91 Å². The zero-order valence-electron chi connectivity index (χ0n) is 12.2. The van der Waals surface area contributed by atoms with Gasteiger partial charge in [0.1, 0.15) is 11.4 Å². The quantitative estimate of drug-likeness (QED) is 0.882. The van der Waals surface area contributed by atoms with Crippen molar-refractivity contribution in [3.8, 4) is 11.5 Å². The molecule has 1 amide bonds. The number of rotatable bonds is 5. The molecule has 0 saturated carbocycles. The van der Waals surface area contributed by atoms with E-state index in [4.69, 9.17) is 9.47 Å². The Labute approximate surface area is 118 Å². The fraction of sp³-hybridized carbons (Fsp3) is 0.400. The Hall–Kier alpha value is -2.17. The van der Waals surface area contributed by atoms with E-state index in [1.165, 1.54) is 0 Å². The molecule has 5 nitrogen and oxygen atoms in total. The third-order valence-corrected chi connectivity index (χ3v) is 2.88. The van der Waals surface area contributed by atoms with E-state index in [1.807, 2.05) is 39.0 Å². The van der Waals surface area contributed by atoms with E-state index in [-0.39, 0.29) is 12.0 Å². The fourth-order valence-corrected chi connectivity index (χ4v) is 2.04. The van der Waals surface area contributed by atoms with Crippen molar-refractivity contribution in [2.45, 2.75) is 26.9 Å². The predicted molar refractivity (Wildman–Crippen MR) is 78.6 cm³/mol. The second-order valence-corrected chi connectivity index (χ2v) is 4.77. The van der Waals surface area contributed by atoms with Gasteiger partial charge in [0.15, 0.2) is 5.75 Å². The molecule has 0 radical (unpaired) electrons. The van der Waals surface area contributed by atoms with E-state index in [0.717, 1.165) is 16.7 Å². The minimum Gasteiger partial charge on any atom is -0.497 e. The highest BCUT2D eigenvalue weighted by molar-refractivity contribution is 6.03. The van der Waals surface area contributed by atoms with Gasteiger partial charge in [-0.05, 0) is 39.0 Å². The number of fused-ring (bicyclic) bond motifs is 1. The topological polar surface area (TPSA) is 63.4 Å². The number of hydrogen-bond acceptors (Lipinski definition) is 3. The van der Waals surface area contributed by atoms with E-state index >= 15 is 0 Å². The first-order valence-corrected chi connectivity index (χ1v) is 6.71. The van der Waals surface area contributed by atoms with Gasteiger partial charge in [-0.1, -0.05) is 0 Å². The van der Waals surface area contributed by atoms with Crippen molar-refractivity contribution in [2.24, 2.45) is 0 Å². The lowest BCUT2D eigenvalue weighted by molar-refractivity contribution is 0.0946. The lowest BCUT2D eigenvalue weighted by Crippen LogP contribution is -2.24. The van der Waals surface area contributed by atoms with Gasteiger partial charge in [0, 0.05) is 11.9 Å². The number of carbonyl (C=O) groups is 1. The van der Waals surface area contributed by atoms with Crippen LogP contribution in [0.15, 0.2) is 18.2 Å². The third kappa shape index (κ3) is 2.71. The number of amides is 1. The molecule has 0 saturated heterocycles. The first-order chi connectivity index (χ1) is 9.56. The summed E-state index contributed by atoms with van der Waals surface area (Å²) in [6, 6.07) is 5.59. The lowest BCUT2D eigenvalue weighted by Gasteiger charge is -2.11. The largest absolute Gasteiger partial charge is 0.497 e. The molecule has 2 rings (SSSR count). The van der Waals surface area contributed by atoms with Gasteiger partial charge >= 0.3 is 0 Å². The Morgan fingerprint density at radius 3 is 2.75 bits per heavy atom. The highest BCUT2D eigenvalue weighted by Crippen LogP contribution is 2.33. The van der Waals surface area contributed by atoms with Crippen molar-refractivity contribution in [1.29, 1.82) is 0 Å². The molecule has 0 atom stereocenters. The SMILES string of the molecule is CCNC(=O)c1[nH]c2ccc(OC)cc2c1OC(C)C. The minimum atomic E-state index is -0.168. The van der Waals surface area contributed by atoms with Crippen LogP contribution in [-0.2, 0) is 0 Å². The number of aromatic amines is 1. The molecule has 0 aliphatic heterocycles. The average molecular weight is 276 g/mol. The smallest absolute Gasteiger partial charge is 0.271 e. The number of hydrogen-bond donors (Lipinski definition) is 2. The minimum absolute atomic E-state index is 0.0200. The van der Waals surface area contributed by atoms with Crippen molar-refractivity contribution in [2.75, 3.05) is 13.7 Å². The monoisotopic (exact) mass is 276 g/mol. The predicted octanol–water partition coefficient (Wildman–Crippen LogP) is 2.71. The molecular weight excluding hydrogens is 256 g/mol. The number of aromatic nitrogens is 1. The number of methoxy groups -OCH3 is 1. The maximum Gasteiger partial charge on any atom is 0.271 e. The highest BCUT2D eigenvalue weighted by Gasteiger charge is 2.20. The zero-order valence-corrected chi connectivity index (χ0v) is 12.2. The van der Waals surface area contributed by atoms with E-state index in [1.54, 1.807) is 7.11 Å². The molecule has 0 unspecified atom stereocenters. The van der Waals surface area contributed by atoms with Crippen LogP contribution < -0.4 is 14.8 Å². The molecule has 0 spiro atoms. The lowest BCUT2D eigenvalue weighted by atomic mass is 10.2. The molecule has 1 aromatic heterocycles. The van der Waals surface area contributed by atoms with Crippen LogP contribution in [0.2, 0.25) is 0 Å². The van der Waals surface area contributed by atoms with Crippen LogP contribution in [-0.4, -0.2) is 30.6 Å². The first kappa shape index (κ1) is 14.2. The van der Waals surface area contributed by atoms with Gasteiger partial charge < -0.3 is 19.8 Å². The van der Waals surface area contributed by atoms with E-state index in [2.05, 4.69) is 10.3 Å². The van der Waals surface area contributed by atoms with Gasteiger partial charge in [-0.15, -0.1) is 0 Å². The highest BCUT2D eigenvalue weighted by atomic mass is 16.5. The van der Waals surface area contributed by atoms with E-state index in [0.29, 0.717) is 18.0 Å². The van der Waals surface area contributed by atoms with Gasteiger partial charge in [0.05, 0.1) is 18.7 Å². The molecule has 0 aliphatic rings. The van der Waals surface area contributed by atoms with Crippen molar-refractivity contribution in [3.63, 3.8) is 0 Å². The number of ether oxygens (including phenoxy) is 2. The molecule has 5 heteroatoms. The second kappa shape index (κ2) is 5.86. The summed E-state index contributed by atoms with van der Waals surface area (Å²) in [6.45, 7) is 6.31. The Bertz CT molecular complexity index is 617. The fourth-order valence-electron chi connectivity index (χ4n) is 2.04. The number of nitrogens with one attached hydrogen (secondary N) is 2. The molecular formula is C15H20N2O3. The van der Waals surface area contributed by atoms with Crippen LogP contribution in [0, 0.1) is 0 Å². The van der Waals surface area contributed by atoms with Crippen LogP contribution in [0.3, 0.4) is 0 Å². The molecule has 2 N–H and O–H groups in total. The summed E-state index contributed by atoms with van der Waals surface area (Å²) in [7, 11) is 1.61. The Morgan fingerprint density at radius 2 is 2.15 bits per heavy atom. The van der Waals surface area contributed by atoms with Crippen LogP contribution >= 0.6 is 0 Å². The summed E-state index contributed by atoms with van der Waals surface area (Å²) >= 11 is 0. The van der Waals surface area contributed by atoms with Crippen molar-refractivity contribution in [3.05, 3.63) is 23.9 Å². The summed E-state index contributed by atoms with van der Waals surface area (Å²) < 4.78 is 11.0. The van der Waals surface area contributed by atoms with Crippen molar-refractivity contribution >= 4 is 16.8 Å². The maximum atomic E-state index is 12.1. The molecule has 1 aromatic carbocycles. The molecule has 0 fully saturated rings. The van der Waals surface area contributed by atoms with Crippen LogP contribution in [0.5, 0.6) is 11.5 Å².